The largest absolute Gasteiger partial charge is 0.480 e. The van der Waals surface area contributed by atoms with Gasteiger partial charge < -0.3 is 15.5 Å². The van der Waals surface area contributed by atoms with Crippen molar-refractivity contribution in [3.8, 4) is 0 Å². The summed E-state index contributed by atoms with van der Waals surface area (Å²) in [6.07, 6.45) is 1.56. The quantitative estimate of drug-likeness (QED) is 0.693. The molecule has 0 saturated carbocycles. The predicted octanol–water partition coefficient (Wildman–Crippen LogP) is 1.77. The van der Waals surface area contributed by atoms with Crippen LogP contribution in [-0.4, -0.2) is 56.6 Å². The first kappa shape index (κ1) is 19.4. The molecule has 1 unspecified atom stereocenters. The number of hydrogen-bond donors (Lipinski definition) is 3. The van der Waals surface area contributed by atoms with Crippen LogP contribution in [-0.2, 0) is 9.63 Å². The molecule has 6 heteroatoms. The van der Waals surface area contributed by atoms with Gasteiger partial charge in [0.25, 0.3) is 0 Å². The fraction of sp³-hybridized carbons (Fsp3) is 0.938. The minimum absolute atomic E-state index is 0.109. The van der Waals surface area contributed by atoms with Crippen molar-refractivity contribution < 1.29 is 19.8 Å². The summed E-state index contributed by atoms with van der Waals surface area (Å²) in [6, 6.07) is -0.460. The molecule has 0 amide bonds. The van der Waals surface area contributed by atoms with E-state index in [4.69, 9.17) is 9.94 Å². The summed E-state index contributed by atoms with van der Waals surface area (Å²) in [6.45, 7) is 13.7. The van der Waals surface area contributed by atoms with Gasteiger partial charge in [0.05, 0.1) is 12.2 Å². The van der Waals surface area contributed by atoms with Crippen molar-refractivity contribution >= 4 is 5.97 Å². The maximum atomic E-state index is 11.0. The van der Waals surface area contributed by atoms with Gasteiger partial charge in [-0.05, 0) is 61.3 Å². The highest BCUT2D eigenvalue weighted by atomic mass is 16.7. The van der Waals surface area contributed by atoms with Crippen LogP contribution >= 0.6 is 0 Å². The average Bonchev–Trinajstić information content (AvgIpc) is 2.23. The normalized spacial score (nSPS) is 24.2. The Labute approximate surface area is 133 Å². The third-order valence-corrected chi connectivity index (χ3v) is 3.99. The zero-order valence-electron chi connectivity index (χ0n) is 14.9. The fourth-order valence-electron chi connectivity index (χ4n) is 3.38. The molecule has 1 heterocycles. The number of piperidine rings is 1. The van der Waals surface area contributed by atoms with Gasteiger partial charge >= 0.3 is 5.97 Å². The van der Waals surface area contributed by atoms with E-state index in [-0.39, 0.29) is 23.7 Å². The van der Waals surface area contributed by atoms with Crippen LogP contribution in [0.15, 0.2) is 0 Å². The first-order valence-corrected chi connectivity index (χ1v) is 7.89. The zero-order chi connectivity index (χ0) is 17.3. The Kier molecular flexibility index (Phi) is 5.66. The maximum Gasteiger partial charge on any atom is 0.320 e. The van der Waals surface area contributed by atoms with Crippen LogP contribution in [0.25, 0.3) is 0 Å². The van der Waals surface area contributed by atoms with E-state index in [1.165, 1.54) is 0 Å². The van der Waals surface area contributed by atoms with Gasteiger partial charge in [0.15, 0.2) is 0 Å². The molecule has 0 aliphatic carbocycles. The molecule has 1 saturated heterocycles. The van der Waals surface area contributed by atoms with Gasteiger partial charge in [-0.25, -0.2) is 0 Å². The number of carboxylic acids is 1. The van der Waals surface area contributed by atoms with Gasteiger partial charge in [0, 0.05) is 17.1 Å². The van der Waals surface area contributed by atoms with Crippen LogP contribution in [0.3, 0.4) is 0 Å². The lowest BCUT2D eigenvalue weighted by atomic mass is 9.78. The van der Waals surface area contributed by atoms with Crippen LogP contribution in [0.4, 0.5) is 0 Å². The van der Waals surface area contributed by atoms with Crippen LogP contribution < -0.4 is 5.32 Å². The number of rotatable bonds is 6. The lowest BCUT2D eigenvalue weighted by molar-refractivity contribution is -0.299. The summed E-state index contributed by atoms with van der Waals surface area (Å²) in [5, 5.41) is 24.1. The van der Waals surface area contributed by atoms with Crippen LogP contribution in [0.5, 0.6) is 0 Å². The van der Waals surface area contributed by atoms with E-state index in [1.54, 1.807) is 20.8 Å². The minimum atomic E-state index is -0.890. The predicted molar refractivity (Wildman–Crippen MR) is 85.5 cm³/mol. The summed E-state index contributed by atoms with van der Waals surface area (Å²) in [5.41, 5.74) is -1.41. The smallest absolute Gasteiger partial charge is 0.320 e. The lowest BCUT2D eigenvalue weighted by Gasteiger charge is -2.54. The zero-order valence-corrected chi connectivity index (χ0v) is 14.9. The van der Waals surface area contributed by atoms with Gasteiger partial charge in [-0.3, -0.25) is 9.63 Å². The van der Waals surface area contributed by atoms with Crippen molar-refractivity contribution in [3.05, 3.63) is 0 Å². The average molecular weight is 316 g/mol. The van der Waals surface area contributed by atoms with Crippen molar-refractivity contribution in [2.75, 3.05) is 6.61 Å². The number of carboxylic acid groups (broad SMARTS) is 1. The number of hydrogen-bond acceptors (Lipinski definition) is 5. The molecule has 0 radical (unpaired) electrons. The molecule has 1 aliphatic heterocycles. The summed E-state index contributed by atoms with van der Waals surface area (Å²) in [5.74, 6) is -0.837. The molecule has 1 rings (SSSR count). The number of aliphatic carboxylic acids is 1. The van der Waals surface area contributed by atoms with Crippen molar-refractivity contribution in [2.45, 2.75) is 90.1 Å². The third kappa shape index (κ3) is 5.19. The molecule has 130 valence electrons. The summed E-state index contributed by atoms with van der Waals surface area (Å²) < 4.78 is 0. The second-order valence-corrected chi connectivity index (χ2v) is 8.34. The van der Waals surface area contributed by atoms with Gasteiger partial charge in [-0.2, -0.15) is 5.06 Å². The van der Waals surface area contributed by atoms with Crippen LogP contribution in [0, 0.1) is 0 Å². The maximum absolute atomic E-state index is 11.0. The summed E-state index contributed by atoms with van der Waals surface area (Å²) in [4.78, 5) is 17.0. The van der Waals surface area contributed by atoms with Crippen molar-refractivity contribution in [2.24, 2.45) is 0 Å². The lowest BCUT2D eigenvalue weighted by Crippen LogP contribution is -2.65. The van der Waals surface area contributed by atoms with E-state index >= 15 is 0 Å². The molecule has 6 nitrogen and oxygen atoms in total. The Morgan fingerprint density at radius 1 is 1.32 bits per heavy atom. The number of hydroxylamine groups is 2. The van der Waals surface area contributed by atoms with Gasteiger partial charge in [0.1, 0.15) is 6.04 Å². The second-order valence-electron chi connectivity index (χ2n) is 8.34. The van der Waals surface area contributed by atoms with Crippen molar-refractivity contribution in [3.63, 3.8) is 0 Å². The standard InChI is InChI=1S/C16H32N2O4/c1-11(13(19)20)17-12-8-14(2,3)18(15(4,5)9-12)22-10-16(6,7)21/h11-12,17,21H,8-10H2,1-7H3,(H,19,20). The number of nitrogens with zero attached hydrogens (tertiary/aromatic N) is 1. The molecule has 0 bridgehead atoms. The molecule has 3 N–H and O–H groups in total. The molecule has 1 fully saturated rings. The van der Waals surface area contributed by atoms with Crippen molar-refractivity contribution in [1.82, 2.24) is 10.4 Å². The molecule has 1 aliphatic rings. The Hall–Kier alpha value is -0.690. The number of carbonyl (C=O) groups is 1. The van der Waals surface area contributed by atoms with E-state index < -0.39 is 17.6 Å². The molecular weight excluding hydrogens is 284 g/mol. The highest BCUT2D eigenvalue weighted by Crippen LogP contribution is 2.39. The summed E-state index contributed by atoms with van der Waals surface area (Å²) >= 11 is 0. The SMILES string of the molecule is CC(NC1CC(C)(C)N(OCC(C)(C)O)C(C)(C)C1)C(=O)O. The molecule has 0 aromatic heterocycles. The first-order valence-electron chi connectivity index (χ1n) is 7.89. The highest BCUT2D eigenvalue weighted by molar-refractivity contribution is 5.72. The second kappa shape index (κ2) is 6.43. The van der Waals surface area contributed by atoms with E-state index in [1.807, 2.05) is 5.06 Å². The van der Waals surface area contributed by atoms with E-state index in [0.717, 1.165) is 12.8 Å². The minimum Gasteiger partial charge on any atom is -0.480 e. The summed E-state index contributed by atoms with van der Waals surface area (Å²) in [7, 11) is 0. The third-order valence-electron chi connectivity index (χ3n) is 3.99. The fourth-order valence-corrected chi connectivity index (χ4v) is 3.38. The molecule has 0 aromatic carbocycles. The Morgan fingerprint density at radius 2 is 1.77 bits per heavy atom. The van der Waals surface area contributed by atoms with E-state index in [9.17, 15) is 9.90 Å². The van der Waals surface area contributed by atoms with E-state index in [0.29, 0.717) is 0 Å². The monoisotopic (exact) mass is 316 g/mol. The van der Waals surface area contributed by atoms with Crippen molar-refractivity contribution in [1.29, 1.82) is 0 Å². The Balaban J connectivity index is 2.82. The molecule has 1 atom stereocenters. The Bertz CT molecular complexity index is 383. The topological polar surface area (TPSA) is 82.0 Å². The molecule has 0 aromatic rings. The van der Waals surface area contributed by atoms with E-state index in [2.05, 4.69) is 33.0 Å². The highest BCUT2D eigenvalue weighted by Gasteiger charge is 2.47. The number of aliphatic hydroxyl groups is 1. The Morgan fingerprint density at radius 3 is 2.14 bits per heavy atom. The van der Waals surface area contributed by atoms with Gasteiger partial charge in [-0.15, -0.1) is 0 Å². The molecule has 0 spiro atoms. The van der Waals surface area contributed by atoms with Gasteiger partial charge in [-0.1, -0.05) is 0 Å². The van der Waals surface area contributed by atoms with Gasteiger partial charge in [0.2, 0.25) is 0 Å². The first-order chi connectivity index (χ1) is 9.74. The molecule has 22 heavy (non-hydrogen) atoms. The van der Waals surface area contributed by atoms with Crippen LogP contribution in [0.2, 0.25) is 0 Å². The van der Waals surface area contributed by atoms with Crippen LogP contribution in [0.1, 0.15) is 61.3 Å². The number of nitrogens with one attached hydrogen (secondary N) is 1. The molecular formula is C16H32N2O4.